The van der Waals surface area contributed by atoms with Crippen molar-refractivity contribution in [1.29, 1.82) is 0 Å². The van der Waals surface area contributed by atoms with Crippen LogP contribution in [0.15, 0.2) is 24.3 Å². The Labute approximate surface area is 138 Å². The van der Waals surface area contributed by atoms with Crippen molar-refractivity contribution in [3.63, 3.8) is 0 Å². The highest BCUT2D eigenvalue weighted by Gasteiger charge is 2.28. The van der Waals surface area contributed by atoms with E-state index >= 15 is 0 Å². The van der Waals surface area contributed by atoms with Gasteiger partial charge in [0.1, 0.15) is 11.6 Å². The Morgan fingerprint density at radius 1 is 1.12 bits per heavy atom. The maximum atomic E-state index is 13.1. The summed E-state index contributed by atoms with van der Waals surface area (Å²) in [4.78, 5) is 24.2. The molecule has 0 radical (unpaired) electrons. The predicted molar refractivity (Wildman–Crippen MR) is 83.1 cm³/mol. The molecule has 1 heterocycles. The number of ether oxygens (including phenoxy) is 1. The SMILES string of the molecule is Cc1cc(C(=O)COC(=O)c2cc(F)cc(F)c2)c(C)n1C1CC1. The lowest BCUT2D eigenvalue weighted by Gasteiger charge is -2.08. The second kappa shape index (κ2) is 6.19. The Balaban J connectivity index is 1.69. The Kier molecular flexibility index (Phi) is 4.22. The molecule has 1 aliphatic carbocycles. The van der Waals surface area contributed by atoms with Gasteiger partial charge in [-0.3, -0.25) is 4.79 Å². The molecule has 0 bridgehead atoms. The van der Waals surface area contributed by atoms with Crippen molar-refractivity contribution < 1.29 is 23.1 Å². The molecule has 0 spiro atoms. The number of carbonyl (C=O) groups is 2. The van der Waals surface area contributed by atoms with Crippen LogP contribution in [0.3, 0.4) is 0 Å². The van der Waals surface area contributed by atoms with Gasteiger partial charge in [-0.25, -0.2) is 13.6 Å². The molecular weight excluding hydrogens is 316 g/mol. The minimum absolute atomic E-state index is 0.260. The summed E-state index contributed by atoms with van der Waals surface area (Å²) >= 11 is 0. The summed E-state index contributed by atoms with van der Waals surface area (Å²) in [6.45, 7) is 3.33. The number of Topliss-reactive ketones (excluding diaryl/α,β-unsaturated/α-hetero) is 1. The molecule has 1 aliphatic rings. The fourth-order valence-corrected chi connectivity index (χ4v) is 2.92. The number of benzene rings is 1. The van der Waals surface area contributed by atoms with Crippen LogP contribution >= 0.6 is 0 Å². The minimum atomic E-state index is -0.933. The first kappa shape index (κ1) is 16.4. The Morgan fingerprint density at radius 2 is 1.75 bits per heavy atom. The quantitative estimate of drug-likeness (QED) is 0.618. The number of aryl methyl sites for hydroxylation is 1. The number of esters is 1. The van der Waals surface area contributed by atoms with Gasteiger partial charge >= 0.3 is 5.97 Å². The van der Waals surface area contributed by atoms with Crippen molar-refractivity contribution in [2.45, 2.75) is 32.7 Å². The minimum Gasteiger partial charge on any atom is -0.454 e. The normalized spacial score (nSPS) is 13.8. The highest BCUT2D eigenvalue weighted by atomic mass is 19.1. The summed E-state index contributed by atoms with van der Waals surface area (Å²) in [5, 5.41) is 0. The number of halogens is 2. The molecule has 0 saturated heterocycles. The van der Waals surface area contributed by atoms with Gasteiger partial charge in [-0.15, -0.1) is 0 Å². The topological polar surface area (TPSA) is 48.3 Å². The number of ketones is 1. The number of aromatic nitrogens is 1. The van der Waals surface area contributed by atoms with Gasteiger partial charge in [0.2, 0.25) is 5.78 Å². The molecule has 4 nitrogen and oxygen atoms in total. The first-order valence-electron chi connectivity index (χ1n) is 7.71. The van der Waals surface area contributed by atoms with Gasteiger partial charge in [0.05, 0.1) is 5.56 Å². The molecular formula is C18H17F2NO3. The van der Waals surface area contributed by atoms with Gasteiger partial charge in [0.15, 0.2) is 6.61 Å². The molecule has 1 aromatic carbocycles. The van der Waals surface area contributed by atoms with Crippen LogP contribution in [0, 0.1) is 25.5 Å². The van der Waals surface area contributed by atoms with Crippen LogP contribution in [0.1, 0.15) is 51.0 Å². The molecule has 6 heteroatoms. The second-order valence-corrected chi connectivity index (χ2v) is 6.04. The van der Waals surface area contributed by atoms with Gasteiger partial charge in [-0.05, 0) is 44.9 Å². The van der Waals surface area contributed by atoms with Crippen LogP contribution in [0.25, 0.3) is 0 Å². The van der Waals surface area contributed by atoms with E-state index in [0.29, 0.717) is 17.7 Å². The van der Waals surface area contributed by atoms with E-state index < -0.39 is 24.2 Å². The molecule has 0 amide bonds. The van der Waals surface area contributed by atoms with Crippen LogP contribution in [-0.4, -0.2) is 22.9 Å². The summed E-state index contributed by atoms with van der Waals surface area (Å²) in [7, 11) is 0. The second-order valence-electron chi connectivity index (χ2n) is 6.04. The first-order chi connectivity index (χ1) is 11.4. The molecule has 0 aliphatic heterocycles. The Hall–Kier alpha value is -2.50. The Bertz CT molecular complexity index is 802. The highest BCUT2D eigenvalue weighted by molar-refractivity contribution is 6.00. The van der Waals surface area contributed by atoms with Gasteiger partial charge < -0.3 is 9.30 Å². The highest BCUT2D eigenvalue weighted by Crippen LogP contribution is 2.38. The molecule has 1 saturated carbocycles. The zero-order chi connectivity index (χ0) is 17.4. The summed E-state index contributed by atoms with van der Waals surface area (Å²) in [5.41, 5.74) is 2.10. The van der Waals surface area contributed by atoms with Crippen molar-refractivity contribution in [2.24, 2.45) is 0 Å². The van der Waals surface area contributed by atoms with E-state index in [0.717, 1.165) is 36.4 Å². The van der Waals surface area contributed by atoms with Crippen LogP contribution in [0.2, 0.25) is 0 Å². The van der Waals surface area contributed by atoms with E-state index in [-0.39, 0.29) is 11.3 Å². The molecule has 0 atom stereocenters. The summed E-state index contributed by atoms with van der Waals surface area (Å²) in [5.74, 6) is -3.01. The van der Waals surface area contributed by atoms with Crippen molar-refractivity contribution in [3.8, 4) is 0 Å². The predicted octanol–water partition coefficient (Wildman–Crippen LogP) is 3.76. The zero-order valence-corrected chi connectivity index (χ0v) is 13.4. The van der Waals surface area contributed by atoms with Crippen molar-refractivity contribution in [3.05, 3.63) is 58.4 Å². The third-order valence-corrected chi connectivity index (χ3v) is 4.13. The molecule has 24 heavy (non-hydrogen) atoms. The van der Waals surface area contributed by atoms with E-state index in [1.165, 1.54) is 0 Å². The van der Waals surface area contributed by atoms with E-state index in [1.807, 2.05) is 13.8 Å². The average molecular weight is 333 g/mol. The molecule has 126 valence electrons. The lowest BCUT2D eigenvalue weighted by atomic mass is 10.1. The number of carbonyl (C=O) groups excluding carboxylic acids is 2. The molecule has 1 fully saturated rings. The zero-order valence-electron chi connectivity index (χ0n) is 13.4. The van der Waals surface area contributed by atoms with Crippen molar-refractivity contribution in [1.82, 2.24) is 4.57 Å². The van der Waals surface area contributed by atoms with Gasteiger partial charge in [-0.2, -0.15) is 0 Å². The maximum Gasteiger partial charge on any atom is 0.338 e. The molecule has 1 aromatic heterocycles. The van der Waals surface area contributed by atoms with Crippen LogP contribution in [-0.2, 0) is 4.74 Å². The van der Waals surface area contributed by atoms with E-state index in [9.17, 15) is 18.4 Å². The van der Waals surface area contributed by atoms with Crippen molar-refractivity contribution >= 4 is 11.8 Å². The number of rotatable bonds is 5. The lowest BCUT2D eigenvalue weighted by molar-refractivity contribution is 0.0473. The molecule has 0 N–H and O–H groups in total. The van der Waals surface area contributed by atoms with Crippen LogP contribution in [0.4, 0.5) is 8.78 Å². The van der Waals surface area contributed by atoms with Gasteiger partial charge in [0, 0.05) is 29.1 Å². The van der Waals surface area contributed by atoms with Gasteiger partial charge in [-0.1, -0.05) is 0 Å². The third kappa shape index (κ3) is 3.22. The monoisotopic (exact) mass is 333 g/mol. The average Bonchev–Trinajstić information content (AvgIpc) is 3.29. The lowest BCUT2D eigenvalue weighted by Crippen LogP contribution is -2.15. The summed E-state index contributed by atoms with van der Waals surface area (Å²) < 4.78 is 33.3. The largest absolute Gasteiger partial charge is 0.454 e. The fourth-order valence-electron chi connectivity index (χ4n) is 2.92. The van der Waals surface area contributed by atoms with Crippen LogP contribution < -0.4 is 0 Å². The summed E-state index contributed by atoms with van der Waals surface area (Å²) in [6.07, 6.45) is 2.20. The van der Waals surface area contributed by atoms with E-state index in [1.54, 1.807) is 6.07 Å². The van der Waals surface area contributed by atoms with Gasteiger partial charge in [0.25, 0.3) is 0 Å². The summed E-state index contributed by atoms with van der Waals surface area (Å²) in [6, 6.07) is 4.63. The molecule has 0 unspecified atom stereocenters. The van der Waals surface area contributed by atoms with E-state index in [4.69, 9.17) is 4.74 Å². The van der Waals surface area contributed by atoms with Crippen LogP contribution in [0.5, 0.6) is 0 Å². The molecule has 2 aromatic rings. The fraction of sp³-hybridized carbons (Fsp3) is 0.333. The number of hydrogen-bond acceptors (Lipinski definition) is 3. The van der Waals surface area contributed by atoms with E-state index in [2.05, 4.69) is 4.57 Å². The Morgan fingerprint density at radius 3 is 2.33 bits per heavy atom. The smallest absolute Gasteiger partial charge is 0.338 e. The maximum absolute atomic E-state index is 13.1. The third-order valence-electron chi connectivity index (χ3n) is 4.13. The molecule has 3 rings (SSSR count). The van der Waals surface area contributed by atoms with Crippen molar-refractivity contribution in [2.75, 3.05) is 6.61 Å². The standard InChI is InChI=1S/C18H17F2NO3/c1-10-5-16(11(2)21(10)15-3-4-15)17(22)9-24-18(23)12-6-13(19)8-14(20)7-12/h5-8,15H,3-4,9H2,1-2H3. The number of hydrogen-bond donors (Lipinski definition) is 0. The first-order valence-corrected chi connectivity index (χ1v) is 7.71. The number of nitrogens with zero attached hydrogens (tertiary/aromatic N) is 1.